The summed E-state index contributed by atoms with van der Waals surface area (Å²) in [6.45, 7) is 4.63. The van der Waals surface area contributed by atoms with Crippen molar-refractivity contribution in [2.24, 2.45) is 5.92 Å². The van der Waals surface area contributed by atoms with Crippen molar-refractivity contribution < 1.29 is 5.11 Å². The Hall–Kier alpha value is -1.72. The van der Waals surface area contributed by atoms with Gasteiger partial charge in [-0.2, -0.15) is 0 Å². The van der Waals surface area contributed by atoms with Crippen molar-refractivity contribution in [1.29, 1.82) is 0 Å². The average molecular weight is 261 g/mol. The van der Waals surface area contributed by atoms with Crippen molar-refractivity contribution in [3.63, 3.8) is 0 Å². The molecule has 2 rings (SSSR count). The summed E-state index contributed by atoms with van der Waals surface area (Å²) < 4.78 is 1.51. The molecule has 5 heteroatoms. The first-order valence-corrected chi connectivity index (χ1v) is 6.43. The molecule has 0 aromatic carbocycles. The lowest BCUT2D eigenvalue weighted by atomic mass is 10.1. The number of aliphatic hydroxyl groups excluding tert-OH is 1. The van der Waals surface area contributed by atoms with E-state index in [2.05, 4.69) is 10.3 Å². The van der Waals surface area contributed by atoms with Crippen LogP contribution >= 0.6 is 0 Å². The van der Waals surface area contributed by atoms with Crippen molar-refractivity contribution in [2.45, 2.75) is 26.4 Å². The maximum atomic E-state index is 11.9. The van der Waals surface area contributed by atoms with E-state index in [0.29, 0.717) is 23.8 Å². The van der Waals surface area contributed by atoms with Gasteiger partial charge >= 0.3 is 0 Å². The second kappa shape index (κ2) is 5.95. The lowest BCUT2D eigenvalue weighted by molar-refractivity contribution is 0.209. The summed E-state index contributed by atoms with van der Waals surface area (Å²) >= 11 is 0. The maximum absolute atomic E-state index is 11.9. The normalized spacial score (nSPS) is 13.1. The molecule has 19 heavy (non-hydrogen) atoms. The second-order valence-corrected chi connectivity index (χ2v) is 4.93. The lowest BCUT2D eigenvalue weighted by Gasteiger charge is -2.19. The predicted octanol–water partition coefficient (Wildman–Crippen LogP) is 0.801. The summed E-state index contributed by atoms with van der Waals surface area (Å²) in [6.07, 6.45) is 1.70. The van der Waals surface area contributed by atoms with Crippen molar-refractivity contribution >= 4 is 5.65 Å². The van der Waals surface area contributed by atoms with E-state index in [4.69, 9.17) is 0 Å². The number of hydrogen-bond acceptors (Lipinski definition) is 4. The number of nitrogens with one attached hydrogen (secondary N) is 1. The van der Waals surface area contributed by atoms with Gasteiger partial charge < -0.3 is 10.4 Å². The summed E-state index contributed by atoms with van der Waals surface area (Å²) in [5.74, 6) is 0.326. The van der Waals surface area contributed by atoms with Crippen LogP contribution in [0.4, 0.5) is 0 Å². The van der Waals surface area contributed by atoms with Crippen LogP contribution in [-0.4, -0.2) is 27.1 Å². The van der Waals surface area contributed by atoms with E-state index in [9.17, 15) is 9.90 Å². The first kappa shape index (κ1) is 13.7. The molecule has 0 radical (unpaired) electrons. The van der Waals surface area contributed by atoms with Crippen molar-refractivity contribution in [3.05, 3.63) is 46.5 Å². The zero-order valence-corrected chi connectivity index (χ0v) is 11.2. The molecule has 0 spiro atoms. The van der Waals surface area contributed by atoms with Gasteiger partial charge in [0.25, 0.3) is 5.56 Å². The first-order chi connectivity index (χ1) is 9.11. The summed E-state index contributed by atoms with van der Waals surface area (Å²) in [7, 11) is 0. The van der Waals surface area contributed by atoms with Gasteiger partial charge in [0.15, 0.2) is 0 Å². The van der Waals surface area contributed by atoms with Gasteiger partial charge in [0, 0.05) is 24.8 Å². The van der Waals surface area contributed by atoms with Gasteiger partial charge in [0.2, 0.25) is 0 Å². The minimum atomic E-state index is -0.0903. The Labute approximate surface area is 111 Å². The van der Waals surface area contributed by atoms with Gasteiger partial charge in [0.05, 0.1) is 12.3 Å². The molecule has 2 N–H and O–H groups in total. The van der Waals surface area contributed by atoms with Gasteiger partial charge in [-0.3, -0.25) is 9.20 Å². The Bertz CT molecular complexity index is 607. The summed E-state index contributed by atoms with van der Waals surface area (Å²) in [5, 5.41) is 12.5. The summed E-state index contributed by atoms with van der Waals surface area (Å²) in [5.41, 5.74) is 1.24. The maximum Gasteiger partial charge on any atom is 0.258 e. The van der Waals surface area contributed by atoms with Crippen LogP contribution in [-0.2, 0) is 6.54 Å². The van der Waals surface area contributed by atoms with Gasteiger partial charge in [-0.15, -0.1) is 0 Å². The number of aromatic nitrogens is 2. The number of rotatable bonds is 5. The predicted molar refractivity (Wildman–Crippen MR) is 74.0 cm³/mol. The fourth-order valence-electron chi connectivity index (χ4n) is 1.94. The molecule has 2 aromatic rings. The molecule has 0 fully saturated rings. The van der Waals surface area contributed by atoms with E-state index in [1.807, 2.05) is 19.9 Å². The molecule has 2 heterocycles. The molecular formula is C14H19N3O2. The molecule has 0 bridgehead atoms. The van der Waals surface area contributed by atoms with Crippen molar-refractivity contribution in [1.82, 2.24) is 14.7 Å². The van der Waals surface area contributed by atoms with Crippen molar-refractivity contribution in [3.8, 4) is 0 Å². The highest BCUT2D eigenvalue weighted by atomic mass is 16.3. The highest BCUT2D eigenvalue weighted by molar-refractivity contribution is 5.37. The third kappa shape index (κ3) is 3.19. The fraction of sp³-hybridized carbons (Fsp3) is 0.429. The molecule has 1 atom stereocenters. The Morgan fingerprint density at radius 1 is 1.42 bits per heavy atom. The van der Waals surface area contributed by atoms with Crippen LogP contribution < -0.4 is 10.9 Å². The molecule has 102 valence electrons. The fourth-order valence-corrected chi connectivity index (χ4v) is 1.94. The van der Waals surface area contributed by atoms with E-state index in [1.165, 1.54) is 10.5 Å². The minimum Gasteiger partial charge on any atom is -0.395 e. The molecule has 0 aliphatic carbocycles. The van der Waals surface area contributed by atoms with E-state index >= 15 is 0 Å². The first-order valence-electron chi connectivity index (χ1n) is 6.43. The number of nitrogens with zero attached hydrogens (tertiary/aromatic N) is 2. The largest absolute Gasteiger partial charge is 0.395 e. The van der Waals surface area contributed by atoms with Crippen LogP contribution in [0.5, 0.6) is 0 Å². The third-order valence-electron chi connectivity index (χ3n) is 3.17. The minimum absolute atomic E-state index is 0.0102. The monoisotopic (exact) mass is 261 g/mol. The number of aliphatic hydroxyl groups is 1. The quantitative estimate of drug-likeness (QED) is 0.835. The average Bonchev–Trinajstić information content (AvgIpc) is 2.39. The lowest BCUT2D eigenvalue weighted by Crippen LogP contribution is -2.37. The molecule has 0 saturated carbocycles. The molecule has 5 nitrogen and oxygen atoms in total. The van der Waals surface area contributed by atoms with E-state index in [1.54, 1.807) is 18.3 Å². The Morgan fingerprint density at radius 2 is 2.21 bits per heavy atom. The SMILES string of the molecule is CC(C)[C@@H](CO)NCc1cc(=O)n2ccccc2n1. The third-order valence-corrected chi connectivity index (χ3v) is 3.17. The summed E-state index contributed by atoms with van der Waals surface area (Å²) in [6, 6.07) is 6.99. The Morgan fingerprint density at radius 3 is 2.89 bits per heavy atom. The molecule has 0 saturated heterocycles. The standard InChI is InChI=1S/C14H19N3O2/c1-10(2)12(9-18)15-8-11-7-14(19)17-6-4-3-5-13(17)16-11/h3-7,10,12,15,18H,8-9H2,1-2H3/t12-/m1/s1. The van der Waals surface area contributed by atoms with Crippen LogP contribution in [0.1, 0.15) is 19.5 Å². The molecule has 0 aliphatic heterocycles. The highest BCUT2D eigenvalue weighted by Crippen LogP contribution is 2.03. The molecular weight excluding hydrogens is 242 g/mol. The topological polar surface area (TPSA) is 66.6 Å². The molecule has 2 aromatic heterocycles. The number of fused-ring (bicyclic) bond motifs is 1. The zero-order chi connectivity index (χ0) is 13.8. The van der Waals surface area contributed by atoms with Crippen molar-refractivity contribution in [2.75, 3.05) is 6.61 Å². The van der Waals surface area contributed by atoms with Crippen LogP contribution in [0.2, 0.25) is 0 Å². The molecule has 0 amide bonds. The van der Waals surface area contributed by atoms with E-state index in [0.717, 1.165) is 0 Å². The van der Waals surface area contributed by atoms with Crippen LogP contribution in [0.15, 0.2) is 35.3 Å². The number of hydrogen-bond donors (Lipinski definition) is 2. The van der Waals surface area contributed by atoms with Crippen LogP contribution in [0, 0.1) is 5.92 Å². The Kier molecular flexibility index (Phi) is 4.29. The molecule has 0 unspecified atom stereocenters. The summed E-state index contributed by atoms with van der Waals surface area (Å²) in [4.78, 5) is 16.3. The number of pyridine rings is 1. The van der Waals surface area contributed by atoms with Gasteiger partial charge in [-0.05, 0) is 18.1 Å². The smallest absolute Gasteiger partial charge is 0.258 e. The van der Waals surface area contributed by atoms with Gasteiger partial charge in [-0.1, -0.05) is 19.9 Å². The Balaban J connectivity index is 2.20. The zero-order valence-electron chi connectivity index (χ0n) is 11.2. The van der Waals surface area contributed by atoms with E-state index in [-0.39, 0.29) is 18.2 Å². The van der Waals surface area contributed by atoms with Crippen LogP contribution in [0.25, 0.3) is 5.65 Å². The van der Waals surface area contributed by atoms with E-state index < -0.39 is 0 Å². The van der Waals surface area contributed by atoms with Crippen LogP contribution in [0.3, 0.4) is 0 Å². The van der Waals surface area contributed by atoms with Gasteiger partial charge in [0.1, 0.15) is 5.65 Å². The second-order valence-electron chi connectivity index (χ2n) is 4.93. The molecule has 0 aliphatic rings. The highest BCUT2D eigenvalue weighted by Gasteiger charge is 2.11. The van der Waals surface area contributed by atoms with Gasteiger partial charge in [-0.25, -0.2) is 4.98 Å².